The number of para-hydroxylation sites is 2. The predicted octanol–water partition coefficient (Wildman–Crippen LogP) is 13.2. The first-order valence-corrected chi connectivity index (χ1v) is 16.2. The van der Waals surface area contributed by atoms with E-state index in [1.807, 2.05) is 66.7 Å². The van der Waals surface area contributed by atoms with E-state index in [1.54, 1.807) is 0 Å². The third-order valence-corrected chi connectivity index (χ3v) is 7.94. The monoisotopic (exact) mass is 790 g/mol. The molecular formula is C45H42HfN2. The smallest absolute Gasteiger partial charge is 0.656 e. The Balaban J connectivity index is 0.000000286. The van der Waals surface area contributed by atoms with Crippen molar-refractivity contribution in [1.82, 2.24) is 4.98 Å². The van der Waals surface area contributed by atoms with Gasteiger partial charge in [0.25, 0.3) is 0 Å². The predicted molar refractivity (Wildman–Crippen MR) is 203 cm³/mol. The molecule has 48 heavy (non-hydrogen) atoms. The van der Waals surface area contributed by atoms with E-state index in [-0.39, 0.29) is 25.8 Å². The van der Waals surface area contributed by atoms with E-state index < -0.39 is 0 Å². The average molecular weight is 789 g/mol. The second kappa shape index (κ2) is 17.5. The molecule has 0 aliphatic carbocycles. The number of fused-ring (bicyclic) bond motifs is 2. The van der Waals surface area contributed by atoms with E-state index in [0.717, 1.165) is 50.0 Å². The molecule has 236 valence electrons. The van der Waals surface area contributed by atoms with Crippen LogP contribution < -0.4 is 0 Å². The minimum atomic E-state index is 0. The molecule has 0 atom stereocenters. The van der Waals surface area contributed by atoms with Crippen molar-refractivity contribution < 1.29 is 25.8 Å². The van der Waals surface area contributed by atoms with Gasteiger partial charge in [-0.15, -0.1) is 64.8 Å². The van der Waals surface area contributed by atoms with Crippen LogP contribution in [-0.2, 0) is 25.8 Å². The minimum absolute atomic E-state index is 0. The van der Waals surface area contributed by atoms with Crippen LogP contribution in [0.25, 0.3) is 38.2 Å². The molecule has 1 heterocycles. The number of pyridine rings is 1. The second-order valence-electron chi connectivity index (χ2n) is 12.2. The van der Waals surface area contributed by atoms with Gasteiger partial charge in [-0.2, -0.15) is 49.2 Å². The van der Waals surface area contributed by atoms with E-state index in [0.29, 0.717) is 11.8 Å². The summed E-state index contributed by atoms with van der Waals surface area (Å²) >= 11 is 0. The van der Waals surface area contributed by atoms with Crippen molar-refractivity contribution in [3.63, 3.8) is 0 Å². The van der Waals surface area contributed by atoms with Crippen molar-refractivity contribution in [2.45, 2.75) is 39.5 Å². The molecule has 7 aromatic rings. The fourth-order valence-corrected chi connectivity index (χ4v) is 5.45. The molecule has 0 radical (unpaired) electrons. The fraction of sp³-hybridized carbons (Fsp3) is 0.133. The zero-order chi connectivity index (χ0) is 33.2. The zero-order valence-corrected chi connectivity index (χ0v) is 31.9. The molecule has 0 bridgehead atoms. The topological polar surface area (TPSA) is 27.0 Å². The number of aromatic nitrogens is 1. The zero-order valence-electron chi connectivity index (χ0n) is 28.3. The number of hydrogen-bond acceptors (Lipinski definition) is 1. The minimum Gasteiger partial charge on any atom is -0.656 e. The molecule has 0 saturated carbocycles. The molecule has 0 fully saturated rings. The van der Waals surface area contributed by atoms with Gasteiger partial charge in [-0.1, -0.05) is 129 Å². The van der Waals surface area contributed by atoms with Gasteiger partial charge in [0.1, 0.15) is 0 Å². The number of nitrogens with zero attached hydrogens (tertiary/aromatic N) is 2. The van der Waals surface area contributed by atoms with Gasteiger partial charge in [0, 0.05) is 5.52 Å². The molecule has 2 nitrogen and oxygen atoms in total. The van der Waals surface area contributed by atoms with Gasteiger partial charge in [-0.3, -0.25) is 4.98 Å². The molecule has 6 aromatic carbocycles. The van der Waals surface area contributed by atoms with Crippen LogP contribution in [0.15, 0.2) is 146 Å². The first-order chi connectivity index (χ1) is 22.8. The van der Waals surface area contributed by atoms with Gasteiger partial charge in [0.05, 0.1) is 0 Å². The van der Waals surface area contributed by atoms with Crippen LogP contribution >= 0.6 is 0 Å². The maximum Gasteiger partial charge on any atom is 4.00 e. The van der Waals surface area contributed by atoms with E-state index >= 15 is 0 Å². The third kappa shape index (κ3) is 9.27. The van der Waals surface area contributed by atoms with Crippen LogP contribution in [0.5, 0.6) is 0 Å². The summed E-state index contributed by atoms with van der Waals surface area (Å²) in [6.07, 6.45) is 0. The molecule has 0 unspecified atom stereocenters. The molecule has 0 N–H and O–H groups in total. The Morgan fingerprint density at radius 1 is 0.562 bits per heavy atom. The van der Waals surface area contributed by atoms with E-state index in [9.17, 15) is 0 Å². The van der Waals surface area contributed by atoms with Crippen molar-refractivity contribution in [3.8, 4) is 11.3 Å². The van der Waals surface area contributed by atoms with Gasteiger partial charge < -0.3 is 5.32 Å². The van der Waals surface area contributed by atoms with Crippen LogP contribution in [0.4, 0.5) is 11.4 Å². The summed E-state index contributed by atoms with van der Waals surface area (Å²) in [5.41, 5.74) is 9.55. The molecule has 0 aliphatic rings. The summed E-state index contributed by atoms with van der Waals surface area (Å²) in [4.78, 5) is 5.12. The van der Waals surface area contributed by atoms with Crippen LogP contribution in [0.1, 0.15) is 61.8 Å². The van der Waals surface area contributed by atoms with Gasteiger partial charge in [0.15, 0.2) is 0 Å². The Bertz CT molecular complexity index is 1960. The van der Waals surface area contributed by atoms with Crippen LogP contribution in [0, 0.1) is 19.9 Å². The molecular weight excluding hydrogens is 747 g/mol. The SMILES string of the molecule is CC(C)c1cccc(C(C)C)c1[N-]c1cccc2ccc(-c3[c-]ccc4ccccc34)nc12.[CH2-]c1ccccc1.[CH2-]c1ccccc1.[Hf+4]. The summed E-state index contributed by atoms with van der Waals surface area (Å²) in [5.74, 6) is 0.789. The summed E-state index contributed by atoms with van der Waals surface area (Å²) in [6.45, 7) is 16.4. The molecule has 0 saturated heterocycles. The van der Waals surface area contributed by atoms with E-state index in [2.05, 4.69) is 126 Å². The Morgan fingerprint density at radius 2 is 1.10 bits per heavy atom. The molecule has 0 aliphatic heterocycles. The molecule has 1 aromatic heterocycles. The van der Waals surface area contributed by atoms with Gasteiger partial charge in [0.2, 0.25) is 0 Å². The largest absolute Gasteiger partial charge is 4.00 e. The standard InChI is InChI=1S/C31H28N2.2C7H7.Hf/c1-20(2)24-14-9-15-25(21(3)4)31(24)33-29-17-8-12-23-18-19-28(32-30(23)29)27-16-7-11-22-10-5-6-13-26(22)27;2*1-7-5-3-2-4-6-7;/h5-15,17-21H,1-4H3;2*2-6H,1H2;/q-2;2*-1;+4. The number of rotatable bonds is 5. The first kappa shape index (κ1) is 36.2. The Kier molecular flexibility index (Phi) is 13.2. The maximum absolute atomic E-state index is 5.24. The van der Waals surface area contributed by atoms with Gasteiger partial charge >= 0.3 is 25.8 Å². The quantitative estimate of drug-likeness (QED) is 0.126. The molecule has 7 rings (SSSR count). The number of hydrogen-bond donors (Lipinski definition) is 0. The van der Waals surface area contributed by atoms with Crippen LogP contribution in [-0.4, -0.2) is 4.98 Å². The van der Waals surface area contributed by atoms with Crippen molar-refractivity contribution in [2.75, 3.05) is 0 Å². The van der Waals surface area contributed by atoms with Crippen molar-refractivity contribution in [3.05, 3.63) is 193 Å². The Hall–Kier alpha value is -4.60. The normalized spacial score (nSPS) is 10.5. The second-order valence-corrected chi connectivity index (χ2v) is 12.2. The summed E-state index contributed by atoms with van der Waals surface area (Å²) in [5, 5.41) is 8.68. The van der Waals surface area contributed by atoms with Crippen molar-refractivity contribution >= 4 is 33.1 Å². The average Bonchev–Trinajstić information content (AvgIpc) is 3.09. The molecule has 3 heteroatoms. The van der Waals surface area contributed by atoms with Gasteiger partial charge in [-0.05, 0) is 22.9 Å². The van der Waals surface area contributed by atoms with E-state index in [4.69, 9.17) is 10.3 Å². The Morgan fingerprint density at radius 3 is 1.67 bits per heavy atom. The van der Waals surface area contributed by atoms with E-state index in [1.165, 1.54) is 16.5 Å². The van der Waals surface area contributed by atoms with Gasteiger partial charge in [-0.25, -0.2) is 0 Å². The molecule has 0 spiro atoms. The maximum atomic E-state index is 5.24. The summed E-state index contributed by atoms with van der Waals surface area (Å²) in [6, 6.07) is 52.7. The summed E-state index contributed by atoms with van der Waals surface area (Å²) < 4.78 is 0. The first-order valence-electron chi connectivity index (χ1n) is 16.2. The number of benzene rings is 6. The Labute approximate surface area is 306 Å². The fourth-order valence-electron chi connectivity index (χ4n) is 5.45. The third-order valence-electron chi connectivity index (χ3n) is 7.94. The molecule has 0 amide bonds. The van der Waals surface area contributed by atoms with Crippen molar-refractivity contribution in [1.29, 1.82) is 0 Å². The summed E-state index contributed by atoms with van der Waals surface area (Å²) in [7, 11) is 0. The van der Waals surface area contributed by atoms with Crippen LogP contribution in [0.2, 0.25) is 0 Å². The van der Waals surface area contributed by atoms with Crippen LogP contribution in [0.3, 0.4) is 0 Å². The van der Waals surface area contributed by atoms with Crippen molar-refractivity contribution in [2.24, 2.45) is 0 Å².